The molecule has 0 radical (unpaired) electrons. The van der Waals surface area contributed by atoms with Crippen LogP contribution in [0, 0.1) is 0 Å². The maximum absolute atomic E-state index is 11.6. The molecule has 1 amide bonds. The topological polar surface area (TPSA) is 36.4 Å². The summed E-state index contributed by atoms with van der Waals surface area (Å²) in [7, 11) is 0. The Balaban J connectivity index is 2.16. The zero-order valence-corrected chi connectivity index (χ0v) is 21.5. The number of unbranched alkanes of at least 4 members (excludes halogenated alkanes) is 3. The second-order valence-electron chi connectivity index (χ2n) is 8.49. The van der Waals surface area contributed by atoms with Gasteiger partial charge < -0.3 is 0 Å². The Kier molecular flexibility index (Phi) is 10.1. The van der Waals surface area contributed by atoms with Crippen LogP contribution in [0.15, 0.2) is 18.3 Å². The molecule has 1 aliphatic heterocycles. The van der Waals surface area contributed by atoms with E-state index in [2.05, 4.69) is 44.0 Å². The van der Waals surface area contributed by atoms with Gasteiger partial charge >= 0.3 is 177 Å². The van der Waals surface area contributed by atoms with Gasteiger partial charge in [-0.1, -0.05) is 0 Å². The van der Waals surface area contributed by atoms with Gasteiger partial charge in [-0.25, -0.2) is 0 Å². The third-order valence-electron chi connectivity index (χ3n) is 6.41. The van der Waals surface area contributed by atoms with E-state index in [0.29, 0.717) is 0 Å². The van der Waals surface area contributed by atoms with Gasteiger partial charge in [0.15, 0.2) is 0 Å². The molecule has 158 valence electrons. The van der Waals surface area contributed by atoms with Gasteiger partial charge in [0.25, 0.3) is 0 Å². The monoisotopic (exact) mass is 495 g/mol. The molecule has 4 nitrogen and oxygen atoms in total. The Bertz CT molecular complexity index is 560. The standard InChI is InChI=1S/C11H14N3O.3C4H9.Sn/c1-10(15)13-5-7-14(8-6-13)11-3-2-4-12-9-11;3*1-3-4-2;/h2-3,9H,5-8H2,1H3;3*1,3-4H2,2H3;. The number of anilines is 1. The third-order valence-corrected chi connectivity index (χ3v) is 21.6. The molecule has 1 aliphatic rings. The molecule has 28 heavy (non-hydrogen) atoms. The summed E-state index contributed by atoms with van der Waals surface area (Å²) in [5.41, 5.74) is 1.23. The molecule has 5 heteroatoms. The molecule has 1 aromatic rings. The van der Waals surface area contributed by atoms with Gasteiger partial charge in [0, 0.05) is 0 Å². The van der Waals surface area contributed by atoms with Crippen molar-refractivity contribution in [2.75, 3.05) is 31.1 Å². The van der Waals surface area contributed by atoms with E-state index >= 15 is 0 Å². The third kappa shape index (κ3) is 6.36. The first-order chi connectivity index (χ1) is 13.6. The molecule has 1 aromatic heterocycles. The summed E-state index contributed by atoms with van der Waals surface area (Å²) in [6, 6.07) is 4.71. The summed E-state index contributed by atoms with van der Waals surface area (Å²) >= 11 is -2.42. The Labute approximate surface area is 177 Å². The molecule has 0 spiro atoms. The Morgan fingerprint density at radius 2 is 1.46 bits per heavy atom. The van der Waals surface area contributed by atoms with Crippen LogP contribution in [0.1, 0.15) is 66.2 Å². The fourth-order valence-electron chi connectivity index (χ4n) is 4.47. The van der Waals surface area contributed by atoms with Crippen molar-refractivity contribution in [1.29, 1.82) is 0 Å². The molecule has 0 N–H and O–H groups in total. The first-order valence-corrected chi connectivity index (χ1v) is 19.0. The predicted molar refractivity (Wildman–Crippen MR) is 123 cm³/mol. The van der Waals surface area contributed by atoms with Crippen LogP contribution in [-0.4, -0.2) is 60.3 Å². The molecule has 0 aromatic carbocycles. The molecular formula is C23H41N3OSn. The van der Waals surface area contributed by atoms with Crippen LogP contribution in [-0.2, 0) is 4.79 Å². The second-order valence-corrected chi connectivity index (χ2v) is 21.5. The van der Waals surface area contributed by atoms with Crippen molar-refractivity contribution in [1.82, 2.24) is 9.88 Å². The summed E-state index contributed by atoms with van der Waals surface area (Å²) in [4.78, 5) is 21.0. The minimum atomic E-state index is -2.42. The van der Waals surface area contributed by atoms with Crippen molar-refractivity contribution in [3.05, 3.63) is 18.3 Å². The molecule has 0 atom stereocenters. The normalized spacial score (nSPS) is 15.1. The van der Waals surface area contributed by atoms with Crippen molar-refractivity contribution in [3.8, 4) is 0 Å². The second kappa shape index (κ2) is 12.0. The maximum atomic E-state index is 11.6. The van der Waals surface area contributed by atoms with E-state index in [0.717, 1.165) is 26.2 Å². The van der Waals surface area contributed by atoms with E-state index < -0.39 is 18.4 Å². The van der Waals surface area contributed by atoms with Gasteiger partial charge in [0.2, 0.25) is 0 Å². The first-order valence-electron chi connectivity index (χ1n) is 11.5. The number of rotatable bonds is 11. The number of amides is 1. The number of aromatic nitrogens is 1. The zero-order chi connectivity index (χ0) is 20.4. The molecule has 2 heterocycles. The van der Waals surface area contributed by atoms with Gasteiger partial charge in [-0.05, 0) is 0 Å². The fraction of sp³-hybridized carbons (Fsp3) is 0.739. The Morgan fingerprint density at radius 3 is 1.86 bits per heavy atom. The van der Waals surface area contributed by atoms with Crippen molar-refractivity contribution in [2.45, 2.75) is 79.5 Å². The average molecular weight is 494 g/mol. The van der Waals surface area contributed by atoms with Gasteiger partial charge in [-0.2, -0.15) is 0 Å². The summed E-state index contributed by atoms with van der Waals surface area (Å²) in [6.45, 7) is 12.1. The molecule has 0 saturated carbocycles. The summed E-state index contributed by atoms with van der Waals surface area (Å²) in [5, 5.41) is 0. The molecule has 0 unspecified atom stereocenters. The van der Waals surface area contributed by atoms with E-state index in [1.165, 1.54) is 61.2 Å². The number of piperazine rings is 1. The first kappa shape index (κ1) is 23.5. The van der Waals surface area contributed by atoms with Crippen LogP contribution in [0.25, 0.3) is 0 Å². The van der Waals surface area contributed by atoms with E-state index in [-0.39, 0.29) is 5.91 Å². The van der Waals surface area contributed by atoms with Crippen LogP contribution in [0.2, 0.25) is 13.3 Å². The van der Waals surface area contributed by atoms with Gasteiger partial charge in [0.05, 0.1) is 0 Å². The van der Waals surface area contributed by atoms with Gasteiger partial charge in [-0.15, -0.1) is 0 Å². The SMILES string of the molecule is CCC[CH2][Sn]([CH2]CCC)([CH2]CCC)[c]1ccc(N2CCN(C(C)=O)CC2)cn1. The van der Waals surface area contributed by atoms with Crippen LogP contribution >= 0.6 is 0 Å². The van der Waals surface area contributed by atoms with Crippen molar-refractivity contribution in [2.24, 2.45) is 0 Å². The Morgan fingerprint density at radius 1 is 0.929 bits per heavy atom. The van der Waals surface area contributed by atoms with Gasteiger partial charge in [-0.3, -0.25) is 0 Å². The zero-order valence-electron chi connectivity index (χ0n) is 18.7. The fourth-order valence-corrected chi connectivity index (χ4v) is 19.8. The number of nitrogens with zero attached hydrogens (tertiary/aromatic N) is 3. The summed E-state index contributed by atoms with van der Waals surface area (Å²) in [5.74, 6) is 0.190. The number of pyridine rings is 1. The molecule has 0 bridgehead atoms. The molecule has 1 saturated heterocycles. The Hall–Kier alpha value is -0.781. The van der Waals surface area contributed by atoms with Crippen LogP contribution in [0.3, 0.4) is 0 Å². The average Bonchev–Trinajstić information content (AvgIpc) is 2.74. The minimum absolute atomic E-state index is 0.190. The number of carbonyl (C=O) groups is 1. The van der Waals surface area contributed by atoms with Crippen molar-refractivity contribution < 1.29 is 4.79 Å². The van der Waals surface area contributed by atoms with Crippen LogP contribution in [0.4, 0.5) is 5.69 Å². The number of hydrogen-bond acceptors (Lipinski definition) is 3. The van der Waals surface area contributed by atoms with Crippen molar-refractivity contribution >= 4 is 33.7 Å². The van der Waals surface area contributed by atoms with Crippen LogP contribution < -0.4 is 8.61 Å². The van der Waals surface area contributed by atoms with E-state index in [4.69, 9.17) is 4.98 Å². The quantitative estimate of drug-likeness (QED) is 0.415. The summed E-state index contributed by atoms with van der Waals surface area (Å²) in [6.07, 6.45) is 10.2. The van der Waals surface area contributed by atoms with Crippen LogP contribution in [0.5, 0.6) is 0 Å². The van der Waals surface area contributed by atoms with E-state index in [9.17, 15) is 4.79 Å². The predicted octanol–water partition coefficient (Wildman–Crippen LogP) is 4.81. The van der Waals surface area contributed by atoms with E-state index in [1.54, 1.807) is 6.92 Å². The number of hydrogen-bond donors (Lipinski definition) is 0. The molecular weight excluding hydrogens is 453 g/mol. The molecule has 2 rings (SSSR count). The van der Waals surface area contributed by atoms with E-state index in [1.807, 2.05) is 4.90 Å². The number of carbonyl (C=O) groups excluding carboxylic acids is 1. The van der Waals surface area contributed by atoms with Gasteiger partial charge in [0.1, 0.15) is 0 Å². The molecule has 1 fully saturated rings. The summed E-state index contributed by atoms with van der Waals surface area (Å²) < 4.78 is 5.91. The van der Waals surface area contributed by atoms with Crippen molar-refractivity contribution in [3.63, 3.8) is 0 Å². The molecule has 0 aliphatic carbocycles.